The molecule has 0 atom stereocenters. The van der Waals surface area contributed by atoms with E-state index in [-0.39, 0.29) is 12.3 Å². The van der Waals surface area contributed by atoms with E-state index in [9.17, 15) is 9.59 Å². The molecular weight excluding hydrogens is 398 g/mol. The van der Waals surface area contributed by atoms with Crippen LogP contribution in [0, 0.1) is 0 Å². The Morgan fingerprint density at radius 2 is 1.44 bits per heavy atom. The number of hydrogen-bond donors (Lipinski definition) is 2. The molecule has 0 spiro atoms. The van der Waals surface area contributed by atoms with E-state index >= 15 is 0 Å². The molecule has 0 aliphatic heterocycles. The van der Waals surface area contributed by atoms with Crippen molar-refractivity contribution in [1.29, 1.82) is 0 Å². The van der Waals surface area contributed by atoms with E-state index in [4.69, 9.17) is 5.11 Å². The number of amides is 1. The highest BCUT2D eigenvalue weighted by Crippen LogP contribution is 2.12. The van der Waals surface area contributed by atoms with E-state index in [1.807, 2.05) is 0 Å². The summed E-state index contributed by atoms with van der Waals surface area (Å²) in [6.45, 7) is 2.23. The maximum Gasteiger partial charge on any atom is 0.307 e. The molecule has 1 aromatic rings. The van der Waals surface area contributed by atoms with Crippen LogP contribution in [-0.4, -0.2) is 17.0 Å². The van der Waals surface area contributed by atoms with Crippen molar-refractivity contribution in [3.8, 4) is 0 Å². The third-order valence-electron chi connectivity index (χ3n) is 4.80. The van der Waals surface area contributed by atoms with E-state index in [2.05, 4.69) is 60.8 Å². The predicted molar refractivity (Wildman–Crippen MR) is 135 cm³/mol. The zero-order valence-corrected chi connectivity index (χ0v) is 19.5. The van der Waals surface area contributed by atoms with Gasteiger partial charge in [-0.15, -0.1) is 0 Å². The van der Waals surface area contributed by atoms with Crippen molar-refractivity contribution in [2.45, 2.75) is 77.6 Å². The number of anilines is 1. The standard InChI is InChI=1S/C28H39NO3/c1-2-3-4-5-6-7-8-9-10-11-12-13-14-15-16-17-18-22-27(30)29-26-21-19-20-25(23-26)24-28(31)32/h6-7,9-10,12-13,15-16,19-21,23H,2-5,8,11,14,17-18,22,24H2,1H3,(H,29,30)(H,31,32). The molecule has 4 heteroatoms. The highest BCUT2D eigenvalue weighted by Gasteiger charge is 2.04. The molecule has 0 heterocycles. The van der Waals surface area contributed by atoms with Crippen LogP contribution < -0.4 is 5.32 Å². The number of carboxylic acids is 1. The molecule has 0 saturated carbocycles. The summed E-state index contributed by atoms with van der Waals surface area (Å²) < 4.78 is 0. The third-order valence-corrected chi connectivity index (χ3v) is 4.80. The van der Waals surface area contributed by atoms with Crippen molar-refractivity contribution >= 4 is 17.6 Å². The fourth-order valence-corrected chi connectivity index (χ4v) is 3.10. The monoisotopic (exact) mass is 437 g/mol. The van der Waals surface area contributed by atoms with Crippen LogP contribution in [0.15, 0.2) is 72.9 Å². The van der Waals surface area contributed by atoms with Gasteiger partial charge in [-0.1, -0.05) is 80.5 Å². The second kappa shape index (κ2) is 18.9. The molecule has 0 unspecified atom stereocenters. The highest BCUT2D eigenvalue weighted by atomic mass is 16.4. The smallest absolute Gasteiger partial charge is 0.307 e. The van der Waals surface area contributed by atoms with Crippen molar-refractivity contribution in [2.24, 2.45) is 0 Å². The lowest BCUT2D eigenvalue weighted by molar-refractivity contribution is -0.136. The van der Waals surface area contributed by atoms with Gasteiger partial charge in [0.15, 0.2) is 0 Å². The van der Waals surface area contributed by atoms with Gasteiger partial charge in [0.1, 0.15) is 0 Å². The lowest BCUT2D eigenvalue weighted by Crippen LogP contribution is -2.11. The Labute approximate surface area is 193 Å². The molecule has 4 nitrogen and oxygen atoms in total. The van der Waals surface area contributed by atoms with Gasteiger partial charge in [-0.3, -0.25) is 9.59 Å². The lowest BCUT2D eigenvalue weighted by atomic mass is 10.1. The summed E-state index contributed by atoms with van der Waals surface area (Å²) >= 11 is 0. The van der Waals surface area contributed by atoms with Crippen molar-refractivity contribution in [3.63, 3.8) is 0 Å². The molecule has 0 radical (unpaired) electrons. The quantitative estimate of drug-likeness (QED) is 0.197. The molecule has 0 aromatic heterocycles. The second-order valence-electron chi connectivity index (χ2n) is 7.80. The first-order valence-corrected chi connectivity index (χ1v) is 11.8. The van der Waals surface area contributed by atoms with Crippen LogP contribution in [-0.2, 0) is 16.0 Å². The van der Waals surface area contributed by atoms with Crippen molar-refractivity contribution in [3.05, 3.63) is 78.4 Å². The summed E-state index contributed by atoms with van der Waals surface area (Å²) in [4.78, 5) is 22.8. The van der Waals surface area contributed by atoms with E-state index in [0.29, 0.717) is 17.7 Å². The maximum absolute atomic E-state index is 12.0. The summed E-state index contributed by atoms with van der Waals surface area (Å²) in [5.41, 5.74) is 1.32. The van der Waals surface area contributed by atoms with Gasteiger partial charge in [-0.05, 0) is 62.6 Å². The number of carbonyl (C=O) groups excluding carboxylic acids is 1. The molecule has 1 amide bonds. The van der Waals surface area contributed by atoms with E-state index < -0.39 is 5.97 Å². The molecule has 32 heavy (non-hydrogen) atoms. The Hall–Kier alpha value is -2.88. The first-order chi connectivity index (χ1) is 15.6. The van der Waals surface area contributed by atoms with Crippen molar-refractivity contribution < 1.29 is 14.7 Å². The fourth-order valence-electron chi connectivity index (χ4n) is 3.10. The first kappa shape index (κ1) is 27.2. The van der Waals surface area contributed by atoms with Crippen LogP contribution in [0.5, 0.6) is 0 Å². The molecule has 2 N–H and O–H groups in total. The van der Waals surface area contributed by atoms with Crippen LogP contribution in [0.25, 0.3) is 0 Å². The average Bonchev–Trinajstić information content (AvgIpc) is 2.75. The number of benzene rings is 1. The van der Waals surface area contributed by atoms with E-state index in [1.165, 1.54) is 25.7 Å². The van der Waals surface area contributed by atoms with Crippen LogP contribution >= 0.6 is 0 Å². The number of rotatable bonds is 17. The summed E-state index contributed by atoms with van der Waals surface area (Å²) in [5, 5.41) is 11.7. The minimum Gasteiger partial charge on any atom is -0.481 e. The van der Waals surface area contributed by atoms with Crippen LogP contribution in [0.3, 0.4) is 0 Å². The fraction of sp³-hybridized carbons (Fsp3) is 0.429. The number of unbranched alkanes of at least 4 members (excludes halogenated alkanes) is 4. The van der Waals surface area contributed by atoms with Gasteiger partial charge >= 0.3 is 5.97 Å². The van der Waals surface area contributed by atoms with Gasteiger partial charge < -0.3 is 10.4 Å². The topological polar surface area (TPSA) is 66.4 Å². The van der Waals surface area contributed by atoms with Gasteiger partial charge in [0.05, 0.1) is 6.42 Å². The highest BCUT2D eigenvalue weighted by molar-refractivity contribution is 5.90. The van der Waals surface area contributed by atoms with Crippen LogP contribution in [0.4, 0.5) is 5.69 Å². The lowest BCUT2D eigenvalue weighted by Gasteiger charge is -2.06. The van der Waals surface area contributed by atoms with Crippen LogP contribution in [0.1, 0.15) is 76.7 Å². The molecule has 1 aromatic carbocycles. The van der Waals surface area contributed by atoms with Gasteiger partial charge in [0.2, 0.25) is 5.91 Å². The zero-order chi connectivity index (χ0) is 23.3. The summed E-state index contributed by atoms with van der Waals surface area (Å²) in [5.74, 6) is -0.930. The number of carbonyl (C=O) groups is 2. The SMILES string of the molecule is CCCCCC=CCC=CCC=CCC=CCCCC(=O)Nc1cccc(CC(=O)O)c1. The number of allylic oxidation sites excluding steroid dienone is 8. The van der Waals surface area contributed by atoms with E-state index in [0.717, 1.165) is 32.1 Å². The van der Waals surface area contributed by atoms with Crippen molar-refractivity contribution in [1.82, 2.24) is 0 Å². The second-order valence-corrected chi connectivity index (χ2v) is 7.80. The maximum atomic E-state index is 12.0. The first-order valence-electron chi connectivity index (χ1n) is 11.8. The number of nitrogens with one attached hydrogen (secondary N) is 1. The predicted octanol–water partition coefficient (Wildman–Crippen LogP) is 7.40. The molecule has 0 aliphatic rings. The molecular formula is C28H39NO3. The Morgan fingerprint density at radius 1 is 0.844 bits per heavy atom. The Balaban J connectivity index is 2.07. The largest absolute Gasteiger partial charge is 0.481 e. The molecule has 174 valence electrons. The Morgan fingerprint density at radius 3 is 2.03 bits per heavy atom. The van der Waals surface area contributed by atoms with Crippen LogP contribution in [0.2, 0.25) is 0 Å². The molecule has 0 aliphatic carbocycles. The van der Waals surface area contributed by atoms with Gasteiger partial charge in [-0.2, -0.15) is 0 Å². The number of carboxylic acid groups (broad SMARTS) is 1. The minimum atomic E-state index is -0.882. The van der Waals surface area contributed by atoms with Gasteiger partial charge in [0, 0.05) is 12.1 Å². The Kier molecular flexibility index (Phi) is 16.0. The summed E-state index contributed by atoms with van der Waals surface area (Å²) in [6, 6.07) is 6.98. The minimum absolute atomic E-state index is 0.0459. The summed E-state index contributed by atoms with van der Waals surface area (Å²) in [7, 11) is 0. The van der Waals surface area contributed by atoms with Gasteiger partial charge in [0.25, 0.3) is 0 Å². The zero-order valence-electron chi connectivity index (χ0n) is 19.5. The average molecular weight is 438 g/mol. The number of aliphatic carboxylic acids is 1. The normalized spacial score (nSPS) is 11.9. The third kappa shape index (κ3) is 15.9. The Bertz CT molecular complexity index is 775. The van der Waals surface area contributed by atoms with Gasteiger partial charge in [-0.25, -0.2) is 0 Å². The molecule has 0 saturated heterocycles. The van der Waals surface area contributed by atoms with Crippen molar-refractivity contribution in [2.75, 3.05) is 5.32 Å². The molecule has 1 rings (SSSR count). The molecule has 0 fully saturated rings. The van der Waals surface area contributed by atoms with E-state index in [1.54, 1.807) is 24.3 Å². The molecule has 0 bridgehead atoms. The number of hydrogen-bond acceptors (Lipinski definition) is 2. The summed E-state index contributed by atoms with van der Waals surface area (Å²) in [6.07, 6.45) is 27.6.